The summed E-state index contributed by atoms with van der Waals surface area (Å²) in [7, 11) is 3.14. The molecule has 1 atom stereocenters. The molecule has 0 radical (unpaired) electrons. The monoisotopic (exact) mass is 431 g/mol. The fraction of sp³-hybridized carbons (Fsp3) is 0.300. The molecule has 2 N–H and O–H groups in total. The van der Waals surface area contributed by atoms with Crippen LogP contribution in [0.15, 0.2) is 36.4 Å². The van der Waals surface area contributed by atoms with Crippen LogP contribution in [0.1, 0.15) is 28.4 Å². The molecular weight excluding hydrogens is 410 g/mol. The molecule has 0 aliphatic heterocycles. The number of hydrogen-bond donors (Lipinski definition) is 2. The summed E-state index contributed by atoms with van der Waals surface area (Å²) in [5, 5.41) is 16.0. The summed E-state index contributed by atoms with van der Waals surface area (Å²) in [4.78, 5) is 12.7. The van der Waals surface area contributed by atoms with Gasteiger partial charge in [-0.3, -0.25) is 4.79 Å². The molecule has 0 fully saturated rings. The Morgan fingerprint density at radius 2 is 1.93 bits per heavy atom. The van der Waals surface area contributed by atoms with Crippen molar-refractivity contribution in [2.24, 2.45) is 0 Å². The molecule has 0 aliphatic carbocycles. The van der Waals surface area contributed by atoms with E-state index >= 15 is 0 Å². The Kier molecular flexibility index (Phi) is 7.50. The van der Waals surface area contributed by atoms with Gasteiger partial charge in [-0.1, -0.05) is 22.0 Å². The quantitative estimate of drug-likeness (QED) is 0.622. The van der Waals surface area contributed by atoms with Crippen LogP contribution in [-0.2, 0) is 6.54 Å². The Morgan fingerprint density at radius 3 is 2.56 bits per heavy atom. The minimum atomic E-state index is -0.258. The van der Waals surface area contributed by atoms with Crippen LogP contribution in [0.3, 0.4) is 0 Å². The molecule has 6 nitrogen and oxygen atoms in total. The Hall–Kier alpha value is -2.72. The maximum atomic E-state index is 12.7. The maximum absolute atomic E-state index is 12.7. The topological polar surface area (TPSA) is 83.4 Å². The number of ether oxygens (including phenoxy) is 2. The van der Waals surface area contributed by atoms with Crippen LogP contribution in [0.2, 0.25) is 0 Å². The zero-order chi connectivity index (χ0) is 19.8. The van der Waals surface area contributed by atoms with Gasteiger partial charge in [0.25, 0.3) is 5.91 Å². The molecule has 0 bridgehead atoms. The van der Waals surface area contributed by atoms with Gasteiger partial charge in [-0.15, -0.1) is 0 Å². The molecule has 2 aromatic rings. The summed E-state index contributed by atoms with van der Waals surface area (Å²) < 4.78 is 10.5. The number of nitrogens with zero attached hydrogens (tertiary/aromatic N) is 1. The average Bonchev–Trinajstić information content (AvgIpc) is 2.71. The number of nitriles is 1. The van der Waals surface area contributed by atoms with Gasteiger partial charge < -0.3 is 20.1 Å². The molecule has 0 unspecified atom stereocenters. The molecule has 2 rings (SSSR count). The van der Waals surface area contributed by atoms with Gasteiger partial charge in [0.15, 0.2) is 11.5 Å². The molecule has 0 aromatic heterocycles. The van der Waals surface area contributed by atoms with Gasteiger partial charge in [-0.25, -0.2) is 0 Å². The summed E-state index contributed by atoms with van der Waals surface area (Å²) >= 11 is 3.41. The second-order valence-electron chi connectivity index (χ2n) is 5.94. The maximum Gasteiger partial charge on any atom is 0.253 e. The van der Waals surface area contributed by atoms with Gasteiger partial charge in [-0.05, 0) is 42.8 Å². The van der Waals surface area contributed by atoms with Crippen LogP contribution in [0, 0.1) is 11.3 Å². The van der Waals surface area contributed by atoms with Crippen molar-refractivity contribution in [2.75, 3.05) is 24.9 Å². The molecule has 0 aliphatic rings. The van der Waals surface area contributed by atoms with Crippen LogP contribution < -0.4 is 20.1 Å². The number of anilines is 1. The highest BCUT2D eigenvalue weighted by atomic mass is 79.9. The standard InChI is InChI=1S/C20H22BrN3O3/c1-13(10-21)24-17-6-4-14(11-22)8-16(17)20(25)23-12-15-5-7-18(26-2)19(9-15)27-3/h4-9,13,24H,10,12H2,1-3H3,(H,23,25)/t13-/m0/s1. The van der Waals surface area contributed by atoms with E-state index in [2.05, 4.69) is 32.6 Å². The number of rotatable bonds is 8. The van der Waals surface area contributed by atoms with E-state index in [0.29, 0.717) is 34.9 Å². The van der Waals surface area contributed by atoms with Crippen molar-refractivity contribution in [1.29, 1.82) is 5.26 Å². The lowest BCUT2D eigenvalue weighted by Crippen LogP contribution is -2.26. The Bertz CT molecular complexity index is 849. The number of carbonyl (C=O) groups is 1. The average molecular weight is 432 g/mol. The first-order valence-electron chi connectivity index (χ1n) is 8.38. The third-order valence-corrected chi connectivity index (χ3v) is 4.90. The number of hydrogen-bond acceptors (Lipinski definition) is 5. The minimum absolute atomic E-state index is 0.135. The summed E-state index contributed by atoms with van der Waals surface area (Å²) in [6, 6.07) is 12.7. The summed E-state index contributed by atoms with van der Waals surface area (Å²) in [5.41, 5.74) is 2.43. The largest absolute Gasteiger partial charge is 0.493 e. The highest BCUT2D eigenvalue weighted by Crippen LogP contribution is 2.27. The number of amides is 1. The third-order valence-electron chi connectivity index (χ3n) is 3.93. The smallest absolute Gasteiger partial charge is 0.253 e. The van der Waals surface area contributed by atoms with Gasteiger partial charge in [0.1, 0.15) is 0 Å². The first-order chi connectivity index (χ1) is 13.0. The molecule has 1 amide bonds. The lowest BCUT2D eigenvalue weighted by molar-refractivity contribution is 0.0951. The molecular formula is C20H22BrN3O3. The SMILES string of the molecule is COc1ccc(CNC(=O)c2cc(C#N)ccc2N[C@@H](C)CBr)cc1OC. The predicted molar refractivity (Wildman–Crippen MR) is 109 cm³/mol. The molecule has 142 valence electrons. The Labute approximate surface area is 167 Å². The molecule has 2 aromatic carbocycles. The van der Waals surface area contributed by atoms with E-state index in [-0.39, 0.29) is 11.9 Å². The van der Waals surface area contributed by atoms with E-state index in [4.69, 9.17) is 14.7 Å². The van der Waals surface area contributed by atoms with Crippen LogP contribution >= 0.6 is 15.9 Å². The van der Waals surface area contributed by atoms with Gasteiger partial charge in [-0.2, -0.15) is 5.26 Å². The zero-order valence-corrected chi connectivity index (χ0v) is 17.1. The van der Waals surface area contributed by atoms with Gasteiger partial charge in [0.2, 0.25) is 0 Å². The molecule has 0 heterocycles. The predicted octanol–water partition coefficient (Wildman–Crippen LogP) is 3.70. The Morgan fingerprint density at radius 1 is 1.19 bits per heavy atom. The molecule has 7 heteroatoms. The number of nitrogens with one attached hydrogen (secondary N) is 2. The van der Waals surface area contributed by atoms with Crippen molar-refractivity contribution in [3.05, 3.63) is 53.1 Å². The third kappa shape index (κ3) is 5.38. The van der Waals surface area contributed by atoms with Crippen molar-refractivity contribution < 1.29 is 14.3 Å². The lowest BCUT2D eigenvalue weighted by atomic mass is 10.1. The van der Waals surface area contributed by atoms with Crippen molar-refractivity contribution in [2.45, 2.75) is 19.5 Å². The van der Waals surface area contributed by atoms with Gasteiger partial charge >= 0.3 is 0 Å². The highest BCUT2D eigenvalue weighted by Gasteiger charge is 2.14. The molecule has 0 saturated heterocycles. The first-order valence-corrected chi connectivity index (χ1v) is 9.50. The van der Waals surface area contributed by atoms with Crippen molar-refractivity contribution in [3.8, 4) is 17.6 Å². The second kappa shape index (κ2) is 9.83. The van der Waals surface area contributed by atoms with Crippen LogP contribution in [-0.4, -0.2) is 31.5 Å². The van der Waals surface area contributed by atoms with Crippen LogP contribution in [0.5, 0.6) is 11.5 Å². The van der Waals surface area contributed by atoms with Crippen molar-refractivity contribution >= 4 is 27.5 Å². The number of carbonyl (C=O) groups excluding carboxylic acids is 1. The summed E-state index contributed by atoms with van der Waals surface area (Å²) in [6.45, 7) is 2.32. The molecule has 0 spiro atoms. The summed E-state index contributed by atoms with van der Waals surface area (Å²) in [5.74, 6) is 0.972. The van der Waals surface area contributed by atoms with E-state index in [0.717, 1.165) is 10.9 Å². The van der Waals surface area contributed by atoms with E-state index in [1.54, 1.807) is 38.5 Å². The van der Waals surface area contributed by atoms with Gasteiger partial charge in [0, 0.05) is 23.6 Å². The molecule has 0 saturated carbocycles. The number of halogens is 1. The van der Waals surface area contributed by atoms with E-state index < -0.39 is 0 Å². The second-order valence-corrected chi connectivity index (χ2v) is 6.59. The normalized spacial score (nSPS) is 11.2. The van der Waals surface area contributed by atoms with Crippen molar-refractivity contribution in [3.63, 3.8) is 0 Å². The highest BCUT2D eigenvalue weighted by molar-refractivity contribution is 9.09. The number of methoxy groups -OCH3 is 2. The van der Waals surface area contributed by atoms with Gasteiger partial charge in [0.05, 0.1) is 31.4 Å². The van der Waals surface area contributed by atoms with E-state index in [1.807, 2.05) is 19.1 Å². The first kappa shape index (κ1) is 20.6. The fourth-order valence-electron chi connectivity index (χ4n) is 2.50. The van der Waals surface area contributed by atoms with E-state index in [9.17, 15) is 4.79 Å². The molecule has 27 heavy (non-hydrogen) atoms. The zero-order valence-electron chi connectivity index (χ0n) is 15.5. The minimum Gasteiger partial charge on any atom is -0.493 e. The Balaban J connectivity index is 2.18. The number of benzene rings is 2. The lowest BCUT2D eigenvalue weighted by Gasteiger charge is -2.16. The van der Waals surface area contributed by atoms with E-state index in [1.165, 1.54) is 0 Å². The van der Waals surface area contributed by atoms with Crippen LogP contribution in [0.4, 0.5) is 5.69 Å². The number of alkyl halides is 1. The van der Waals surface area contributed by atoms with Crippen LogP contribution in [0.25, 0.3) is 0 Å². The van der Waals surface area contributed by atoms with Crippen molar-refractivity contribution in [1.82, 2.24) is 5.32 Å². The fourth-order valence-corrected chi connectivity index (χ4v) is 2.66. The summed E-state index contributed by atoms with van der Waals surface area (Å²) in [6.07, 6.45) is 0.